The molecule has 4 aromatic carbocycles. The molecule has 1 heterocycles. The standard InChI is InChI=1S/C22H13ClS/c23-17-9-5-14(6-10-17)16-7-11-19-21(13-16)24-20-12-8-15-3-1-2-4-18(15)22(19)20/h1-13H. The Morgan fingerprint density at radius 1 is 0.625 bits per heavy atom. The van der Waals surface area contributed by atoms with Crippen LogP contribution in [0.25, 0.3) is 42.1 Å². The van der Waals surface area contributed by atoms with Gasteiger partial charge in [0.25, 0.3) is 0 Å². The second-order valence-corrected chi connectivity index (χ2v) is 7.50. The second-order valence-electron chi connectivity index (χ2n) is 5.98. The van der Waals surface area contributed by atoms with E-state index in [2.05, 4.69) is 66.7 Å². The van der Waals surface area contributed by atoms with Gasteiger partial charge in [-0.2, -0.15) is 0 Å². The van der Waals surface area contributed by atoms with E-state index in [9.17, 15) is 0 Å². The van der Waals surface area contributed by atoms with Gasteiger partial charge in [0.2, 0.25) is 0 Å². The fraction of sp³-hybridized carbons (Fsp3) is 0. The van der Waals surface area contributed by atoms with Gasteiger partial charge in [-0.3, -0.25) is 0 Å². The maximum atomic E-state index is 6.01. The minimum absolute atomic E-state index is 0.771. The van der Waals surface area contributed by atoms with Crippen molar-refractivity contribution in [3.8, 4) is 11.1 Å². The van der Waals surface area contributed by atoms with E-state index in [-0.39, 0.29) is 0 Å². The SMILES string of the molecule is Clc1ccc(-c2ccc3c(c2)sc2ccc4ccccc4c23)cc1. The summed E-state index contributed by atoms with van der Waals surface area (Å²) in [6.45, 7) is 0. The van der Waals surface area contributed by atoms with Crippen LogP contribution in [-0.4, -0.2) is 0 Å². The predicted octanol–water partition coefficient (Wildman–Crippen LogP) is 7.53. The average Bonchev–Trinajstić information content (AvgIpc) is 3.00. The number of hydrogen-bond donors (Lipinski definition) is 0. The van der Waals surface area contributed by atoms with Crippen LogP contribution < -0.4 is 0 Å². The summed E-state index contributed by atoms with van der Waals surface area (Å²) in [7, 11) is 0. The van der Waals surface area contributed by atoms with Gasteiger partial charge in [-0.1, -0.05) is 66.2 Å². The fourth-order valence-electron chi connectivity index (χ4n) is 3.37. The Balaban J connectivity index is 1.80. The maximum Gasteiger partial charge on any atom is 0.0406 e. The molecule has 114 valence electrons. The third-order valence-electron chi connectivity index (χ3n) is 4.54. The van der Waals surface area contributed by atoms with Crippen molar-refractivity contribution in [1.82, 2.24) is 0 Å². The van der Waals surface area contributed by atoms with Crippen molar-refractivity contribution in [2.24, 2.45) is 0 Å². The number of benzene rings is 4. The van der Waals surface area contributed by atoms with E-state index in [0.29, 0.717) is 0 Å². The lowest BCUT2D eigenvalue weighted by Gasteiger charge is -2.03. The van der Waals surface area contributed by atoms with Gasteiger partial charge in [-0.15, -0.1) is 11.3 Å². The van der Waals surface area contributed by atoms with E-state index >= 15 is 0 Å². The van der Waals surface area contributed by atoms with Crippen molar-refractivity contribution < 1.29 is 0 Å². The largest absolute Gasteiger partial charge is 0.135 e. The Labute approximate surface area is 148 Å². The van der Waals surface area contributed by atoms with E-state index < -0.39 is 0 Å². The number of rotatable bonds is 1. The molecule has 0 unspecified atom stereocenters. The van der Waals surface area contributed by atoms with Gasteiger partial charge in [0.1, 0.15) is 0 Å². The van der Waals surface area contributed by atoms with Crippen molar-refractivity contribution in [3.63, 3.8) is 0 Å². The molecule has 0 nitrogen and oxygen atoms in total. The van der Waals surface area contributed by atoms with E-state index in [1.807, 2.05) is 23.5 Å². The first-order valence-electron chi connectivity index (χ1n) is 7.89. The van der Waals surface area contributed by atoms with Crippen LogP contribution in [0, 0.1) is 0 Å². The Morgan fingerprint density at radius 2 is 1.42 bits per heavy atom. The zero-order valence-corrected chi connectivity index (χ0v) is 14.4. The number of thiophene rings is 1. The number of hydrogen-bond acceptors (Lipinski definition) is 1. The lowest BCUT2D eigenvalue weighted by atomic mass is 10.0. The third kappa shape index (κ3) is 2.13. The second kappa shape index (κ2) is 5.34. The monoisotopic (exact) mass is 344 g/mol. The number of halogens is 1. The summed E-state index contributed by atoms with van der Waals surface area (Å²) >= 11 is 7.87. The number of fused-ring (bicyclic) bond motifs is 5. The molecule has 0 saturated carbocycles. The molecule has 0 spiro atoms. The topological polar surface area (TPSA) is 0 Å². The Bertz CT molecular complexity index is 1200. The maximum absolute atomic E-state index is 6.01. The molecule has 1 aromatic heterocycles. The molecule has 0 aliphatic carbocycles. The van der Waals surface area contributed by atoms with Gasteiger partial charge in [-0.05, 0) is 46.2 Å². The van der Waals surface area contributed by atoms with Crippen LogP contribution in [0.1, 0.15) is 0 Å². The molecule has 0 aliphatic rings. The minimum atomic E-state index is 0.771. The summed E-state index contributed by atoms with van der Waals surface area (Å²) in [6.07, 6.45) is 0. The summed E-state index contributed by atoms with van der Waals surface area (Å²) in [4.78, 5) is 0. The van der Waals surface area contributed by atoms with Crippen molar-refractivity contribution in [1.29, 1.82) is 0 Å². The van der Waals surface area contributed by atoms with Crippen molar-refractivity contribution >= 4 is 53.9 Å². The van der Waals surface area contributed by atoms with Gasteiger partial charge in [-0.25, -0.2) is 0 Å². The normalized spacial score (nSPS) is 11.5. The molecule has 24 heavy (non-hydrogen) atoms. The first-order chi connectivity index (χ1) is 11.8. The fourth-order valence-corrected chi connectivity index (χ4v) is 4.66. The van der Waals surface area contributed by atoms with Gasteiger partial charge < -0.3 is 0 Å². The molecule has 0 radical (unpaired) electrons. The highest BCUT2D eigenvalue weighted by Crippen LogP contribution is 2.40. The molecule has 0 saturated heterocycles. The highest BCUT2D eigenvalue weighted by atomic mass is 35.5. The molecule has 2 heteroatoms. The Kier molecular flexibility index (Phi) is 3.12. The molecule has 5 aromatic rings. The molecule has 0 fully saturated rings. The van der Waals surface area contributed by atoms with Crippen LogP contribution in [0.3, 0.4) is 0 Å². The minimum Gasteiger partial charge on any atom is -0.135 e. The quantitative estimate of drug-likeness (QED) is 0.295. The van der Waals surface area contributed by atoms with Gasteiger partial charge in [0.05, 0.1) is 0 Å². The van der Waals surface area contributed by atoms with Crippen LogP contribution in [0.15, 0.2) is 78.9 Å². The highest BCUT2D eigenvalue weighted by molar-refractivity contribution is 7.26. The van der Waals surface area contributed by atoms with Gasteiger partial charge in [0, 0.05) is 25.2 Å². The molecule has 0 amide bonds. The van der Waals surface area contributed by atoms with Crippen molar-refractivity contribution in [2.75, 3.05) is 0 Å². The van der Waals surface area contributed by atoms with E-state index in [1.165, 1.54) is 42.1 Å². The van der Waals surface area contributed by atoms with E-state index in [0.717, 1.165) is 5.02 Å². The molecular formula is C22H13ClS. The van der Waals surface area contributed by atoms with Crippen molar-refractivity contribution in [2.45, 2.75) is 0 Å². The molecule has 0 N–H and O–H groups in total. The first kappa shape index (κ1) is 14.0. The molecule has 0 aliphatic heterocycles. The van der Waals surface area contributed by atoms with E-state index in [1.54, 1.807) is 0 Å². The molecular weight excluding hydrogens is 332 g/mol. The predicted molar refractivity (Wildman–Crippen MR) is 107 cm³/mol. The summed E-state index contributed by atoms with van der Waals surface area (Å²) in [5.41, 5.74) is 2.43. The van der Waals surface area contributed by atoms with Crippen LogP contribution in [-0.2, 0) is 0 Å². The lowest BCUT2D eigenvalue weighted by molar-refractivity contribution is 1.66. The lowest BCUT2D eigenvalue weighted by Crippen LogP contribution is -1.77. The third-order valence-corrected chi connectivity index (χ3v) is 5.91. The zero-order valence-electron chi connectivity index (χ0n) is 12.8. The Hall–Kier alpha value is -2.35. The van der Waals surface area contributed by atoms with Gasteiger partial charge >= 0.3 is 0 Å². The highest BCUT2D eigenvalue weighted by Gasteiger charge is 2.09. The molecule has 5 rings (SSSR count). The smallest absolute Gasteiger partial charge is 0.0406 e. The molecule has 0 bridgehead atoms. The summed E-state index contributed by atoms with van der Waals surface area (Å²) < 4.78 is 2.67. The van der Waals surface area contributed by atoms with Crippen LogP contribution in [0.4, 0.5) is 0 Å². The molecule has 0 atom stereocenters. The van der Waals surface area contributed by atoms with Crippen LogP contribution >= 0.6 is 22.9 Å². The average molecular weight is 345 g/mol. The van der Waals surface area contributed by atoms with Crippen molar-refractivity contribution in [3.05, 3.63) is 83.9 Å². The zero-order chi connectivity index (χ0) is 16.1. The Morgan fingerprint density at radius 3 is 2.29 bits per heavy atom. The van der Waals surface area contributed by atoms with Crippen LogP contribution in [0.5, 0.6) is 0 Å². The van der Waals surface area contributed by atoms with Crippen LogP contribution in [0.2, 0.25) is 5.02 Å². The summed E-state index contributed by atoms with van der Waals surface area (Å²) in [6, 6.07) is 27.9. The summed E-state index contributed by atoms with van der Waals surface area (Å²) in [5.74, 6) is 0. The summed E-state index contributed by atoms with van der Waals surface area (Å²) in [5, 5.41) is 6.11. The van der Waals surface area contributed by atoms with Gasteiger partial charge in [0.15, 0.2) is 0 Å². The first-order valence-corrected chi connectivity index (χ1v) is 9.09. The van der Waals surface area contributed by atoms with E-state index in [4.69, 9.17) is 11.6 Å².